The molecule has 29 heavy (non-hydrogen) atoms. The fourth-order valence-electron chi connectivity index (χ4n) is 3.46. The van der Waals surface area contributed by atoms with Gasteiger partial charge < -0.3 is 5.11 Å². The molecule has 0 aromatic heterocycles. The summed E-state index contributed by atoms with van der Waals surface area (Å²) in [6.45, 7) is 11.0. The molecule has 0 spiro atoms. The third-order valence-electron chi connectivity index (χ3n) is 4.70. The Kier molecular flexibility index (Phi) is 5.84. The van der Waals surface area contributed by atoms with Gasteiger partial charge in [0.2, 0.25) is 0 Å². The van der Waals surface area contributed by atoms with Gasteiger partial charge in [-0.2, -0.15) is 8.42 Å². The summed E-state index contributed by atoms with van der Waals surface area (Å²) in [5.41, 5.74) is 0.170. The zero-order chi connectivity index (χ0) is 22.4. The standard InChI is InChI=1S/C21H27NO6S/c1-20(2,3)16-12-17(29(26,27)28)15(18(19(16)23)21(4,5)6)11-13-8-7-9-14(10-13)22(24)25/h7-10,12,23H,11H2,1-6H3,(H,26,27,28). The minimum Gasteiger partial charge on any atom is -0.507 e. The van der Waals surface area contributed by atoms with Crippen molar-refractivity contribution < 1.29 is 23.0 Å². The van der Waals surface area contributed by atoms with Crippen LogP contribution in [-0.2, 0) is 27.4 Å². The van der Waals surface area contributed by atoms with E-state index in [0.717, 1.165) is 0 Å². The molecule has 2 aromatic rings. The molecule has 2 N–H and O–H groups in total. The Bertz CT molecular complexity index is 1060. The molecule has 0 amide bonds. The van der Waals surface area contributed by atoms with Gasteiger partial charge >= 0.3 is 0 Å². The Morgan fingerprint density at radius 2 is 1.62 bits per heavy atom. The highest BCUT2D eigenvalue weighted by molar-refractivity contribution is 7.85. The van der Waals surface area contributed by atoms with Gasteiger partial charge in [-0.05, 0) is 34.4 Å². The molecule has 0 saturated heterocycles. The van der Waals surface area contributed by atoms with Crippen molar-refractivity contribution in [3.05, 3.63) is 62.7 Å². The minimum atomic E-state index is -4.61. The number of aromatic hydroxyl groups is 1. The van der Waals surface area contributed by atoms with Gasteiger partial charge in [-0.1, -0.05) is 53.7 Å². The van der Waals surface area contributed by atoms with E-state index in [2.05, 4.69) is 0 Å². The monoisotopic (exact) mass is 421 g/mol. The van der Waals surface area contributed by atoms with E-state index in [1.54, 1.807) is 6.07 Å². The number of nitrogens with zero attached hydrogens (tertiary/aromatic N) is 1. The second-order valence-corrected chi connectivity index (χ2v) is 10.6. The van der Waals surface area contributed by atoms with Gasteiger partial charge in [-0.15, -0.1) is 0 Å². The van der Waals surface area contributed by atoms with Crippen molar-refractivity contribution in [2.24, 2.45) is 0 Å². The Labute approximate surface area is 171 Å². The summed E-state index contributed by atoms with van der Waals surface area (Å²) in [7, 11) is -4.61. The first-order chi connectivity index (χ1) is 13.0. The highest BCUT2D eigenvalue weighted by Crippen LogP contribution is 2.44. The van der Waals surface area contributed by atoms with E-state index in [9.17, 15) is 28.2 Å². The molecular weight excluding hydrogens is 394 g/mol. The van der Waals surface area contributed by atoms with Gasteiger partial charge in [0.25, 0.3) is 15.8 Å². The third kappa shape index (κ3) is 4.94. The van der Waals surface area contributed by atoms with Gasteiger partial charge in [0, 0.05) is 23.3 Å². The zero-order valence-electron chi connectivity index (χ0n) is 17.5. The van der Waals surface area contributed by atoms with Crippen molar-refractivity contribution >= 4 is 15.8 Å². The molecule has 2 aromatic carbocycles. The highest BCUT2D eigenvalue weighted by Gasteiger charge is 2.33. The first-order valence-electron chi connectivity index (χ1n) is 9.14. The third-order valence-corrected chi connectivity index (χ3v) is 5.62. The second-order valence-electron chi connectivity index (χ2n) is 9.20. The van der Waals surface area contributed by atoms with Crippen LogP contribution >= 0.6 is 0 Å². The number of phenols is 1. The Morgan fingerprint density at radius 3 is 2.07 bits per heavy atom. The Morgan fingerprint density at radius 1 is 1.03 bits per heavy atom. The molecule has 0 heterocycles. The molecule has 0 radical (unpaired) electrons. The normalized spacial score (nSPS) is 12.8. The number of non-ortho nitro benzene ring substituents is 1. The van der Waals surface area contributed by atoms with E-state index in [0.29, 0.717) is 16.7 Å². The predicted octanol–water partition coefficient (Wildman–Crippen LogP) is 4.73. The van der Waals surface area contributed by atoms with Crippen LogP contribution in [0.5, 0.6) is 5.75 Å². The van der Waals surface area contributed by atoms with E-state index in [1.807, 2.05) is 41.5 Å². The molecule has 0 bridgehead atoms. The molecule has 0 aliphatic carbocycles. The number of hydrogen-bond acceptors (Lipinski definition) is 5. The number of rotatable bonds is 4. The summed E-state index contributed by atoms with van der Waals surface area (Å²) in [6, 6.07) is 7.15. The molecule has 7 nitrogen and oxygen atoms in total. The fourth-order valence-corrected chi connectivity index (χ4v) is 4.21. The first-order valence-corrected chi connectivity index (χ1v) is 10.6. The van der Waals surface area contributed by atoms with Crippen molar-refractivity contribution in [2.45, 2.75) is 63.7 Å². The molecule has 0 saturated carbocycles. The number of hydrogen-bond donors (Lipinski definition) is 2. The zero-order valence-corrected chi connectivity index (χ0v) is 18.3. The van der Waals surface area contributed by atoms with Gasteiger partial charge in [0.15, 0.2) is 0 Å². The molecule has 0 fully saturated rings. The molecule has 8 heteroatoms. The van der Waals surface area contributed by atoms with Crippen LogP contribution in [0.4, 0.5) is 5.69 Å². The van der Waals surface area contributed by atoms with Crippen molar-refractivity contribution in [2.75, 3.05) is 0 Å². The van der Waals surface area contributed by atoms with E-state index < -0.39 is 25.9 Å². The molecule has 0 atom stereocenters. The minimum absolute atomic E-state index is 0.00138. The van der Waals surface area contributed by atoms with Crippen LogP contribution in [0.15, 0.2) is 35.2 Å². The average molecular weight is 422 g/mol. The van der Waals surface area contributed by atoms with Crippen molar-refractivity contribution in [3.63, 3.8) is 0 Å². The van der Waals surface area contributed by atoms with Gasteiger partial charge in [0.1, 0.15) is 5.75 Å². The largest absolute Gasteiger partial charge is 0.507 e. The molecule has 0 aliphatic rings. The summed E-state index contributed by atoms with van der Waals surface area (Å²) in [5.74, 6) is -0.0298. The second kappa shape index (κ2) is 7.42. The Hall–Kier alpha value is -2.45. The lowest BCUT2D eigenvalue weighted by atomic mass is 9.76. The number of nitro benzene ring substituents is 1. The van der Waals surface area contributed by atoms with E-state index in [4.69, 9.17) is 0 Å². The summed E-state index contributed by atoms with van der Waals surface area (Å²) < 4.78 is 34.5. The SMILES string of the molecule is CC(C)(C)c1cc(S(=O)(=O)O)c(Cc2cccc([N+](=O)[O-])c2)c(C(C)(C)C)c1O. The Balaban J connectivity index is 2.90. The molecule has 0 aliphatic heterocycles. The lowest BCUT2D eigenvalue weighted by molar-refractivity contribution is -0.384. The van der Waals surface area contributed by atoms with Crippen LogP contribution in [0.25, 0.3) is 0 Å². The van der Waals surface area contributed by atoms with Crippen LogP contribution in [0, 0.1) is 10.1 Å². The van der Waals surface area contributed by atoms with Gasteiger partial charge in [0.05, 0.1) is 9.82 Å². The quantitative estimate of drug-likeness (QED) is 0.418. The maximum absolute atomic E-state index is 12.3. The van der Waals surface area contributed by atoms with Gasteiger partial charge in [-0.25, -0.2) is 0 Å². The van der Waals surface area contributed by atoms with E-state index in [1.165, 1.54) is 24.3 Å². The number of phenolic OH excluding ortho intramolecular Hbond substituents is 1. The van der Waals surface area contributed by atoms with Crippen molar-refractivity contribution in [1.82, 2.24) is 0 Å². The topological polar surface area (TPSA) is 118 Å². The number of benzene rings is 2. The van der Waals surface area contributed by atoms with Crippen LogP contribution < -0.4 is 0 Å². The molecule has 2 rings (SSSR count). The molecule has 158 valence electrons. The maximum atomic E-state index is 12.3. The summed E-state index contributed by atoms with van der Waals surface area (Å²) in [6.07, 6.45) is 0.00138. The van der Waals surface area contributed by atoms with Crippen LogP contribution in [0.1, 0.15) is 63.8 Å². The van der Waals surface area contributed by atoms with E-state index in [-0.39, 0.29) is 28.3 Å². The van der Waals surface area contributed by atoms with Crippen LogP contribution in [-0.4, -0.2) is 23.0 Å². The number of nitro groups is 1. The molecule has 0 unspecified atom stereocenters. The summed E-state index contributed by atoms with van der Waals surface area (Å²) >= 11 is 0. The maximum Gasteiger partial charge on any atom is 0.294 e. The summed E-state index contributed by atoms with van der Waals surface area (Å²) in [5, 5.41) is 22.2. The van der Waals surface area contributed by atoms with E-state index >= 15 is 0 Å². The van der Waals surface area contributed by atoms with Crippen molar-refractivity contribution in [3.8, 4) is 5.75 Å². The van der Waals surface area contributed by atoms with Gasteiger partial charge in [-0.3, -0.25) is 14.7 Å². The molecular formula is C21H27NO6S. The average Bonchev–Trinajstić information content (AvgIpc) is 2.51. The lowest BCUT2D eigenvalue weighted by Crippen LogP contribution is -2.22. The summed E-state index contributed by atoms with van der Waals surface area (Å²) in [4.78, 5) is 10.3. The smallest absolute Gasteiger partial charge is 0.294 e. The first kappa shape index (κ1) is 22.8. The van der Waals surface area contributed by atoms with Crippen molar-refractivity contribution in [1.29, 1.82) is 0 Å². The van der Waals surface area contributed by atoms with Crippen LogP contribution in [0.3, 0.4) is 0 Å². The lowest BCUT2D eigenvalue weighted by Gasteiger charge is -2.31. The fraction of sp³-hybridized carbons (Fsp3) is 0.429. The highest BCUT2D eigenvalue weighted by atomic mass is 32.2. The van der Waals surface area contributed by atoms with Crippen LogP contribution in [0.2, 0.25) is 0 Å². The predicted molar refractivity (Wildman–Crippen MR) is 111 cm³/mol.